The average molecular weight is 362 g/mol. The molecular formula is C18H26N4O4. The van der Waals surface area contributed by atoms with Crippen molar-refractivity contribution in [2.24, 2.45) is 17.6 Å². The van der Waals surface area contributed by atoms with Gasteiger partial charge in [0.25, 0.3) is 5.91 Å². The molecule has 0 unspecified atom stereocenters. The molecule has 8 heteroatoms. The number of nitriles is 1. The van der Waals surface area contributed by atoms with Crippen molar-refractivity contribution in [2.75, 3.05) is 32.8 Å². The normalized spacial score (nSPS) is 19.8. The molecule has 0 aromatic heterocycles. The van der Waals surface area contributed by atoms with Gasteiger partial charge in [0, 0.05) is 38.3 Å². The summed E-state index contributed by atoms with van der Waals surface area (Å²) >= 11 is 0. The lowest BCUT2D eigenvalue weighted by molar-refractivity contribution is -0.150. The first kappa shape index (κ1) is 19.8. The maximum absolute atomic E-state index is 12.6. The van der Waals surface area contributed by atoms with Crippen LogP contribution in [0.5, 0.6) is 0 Å². The number of rotatable bonds is 5. The van der Waals surface area contributed by atoms with Crippen molar-refractivity contribution in [1.29, 1.82) is 5.26 Å². The van der Waals surface area contributed by atoms with Gasteiger partial charge in [-0.1, -0.05) is 0 Å². The number of nitrogens with two attached hydrogens (primary N) is 1. The predicted octanol–water partition coefficient (Wildman–Crippen LogP) is 0.393. The number of likely N-dealkylation sites (tertiary alicyclic amines) is 2. The zero-order valence-corrected chi connectivity index (χ0v) is 15.1. The van der Waals surface area contributed by atoms with Crippen molar-refractivity contribution in [3.8, 4) is 6.07 Å². The zero-order valence-electron chi connectivity index (χ0n) is 15.1. The highest BCUT2D eigenvalue weighted by molar-refractivity contribution is 5.97. The van der Waals surface area contributed by atoms with Crippen LogP contribution in [0.3, 0.4) is 0 Å². The van der Waals surface area contributed by atoms with Gasteiger partial charge in [0.2, 0.25) is 5.91 Å². The van der Waals surface area contributed by atoms with Crippen LogP contribution in [-0.4, -0.2) is 60.4 Å². The van der Waals surface area contributed by atoms with Crippen LogP contribution in [0.25, 0.3) is 0 Å². The molecule has 8 nitrogen and oxygen atoms in total. The number of primary amides is 1. The number of piperidine rings is 2. The topological polar surface area (TPSA) is 117 Å². The summed E-state index contributed by atoms with van der Waals surface area (Å²) in [6.07, 6.45) is 3.94. The van der Waals surface area contributed by atoms with Crippen LogP contribution in [0.4, 0.5) is 0 Å². The lowest BCUT2D eigenvalue weighted by Gasteiger charge is -2.32. The van der Waals surface area contributed by atoms with Gasteiger partial charge < -0.3 is 20.3 Å². The molecule has 2 saturated heterocycles. The number of hydrogen-bond donors (Lipinski definition) is 1. The zero-order chi connectivity index (χ0) is 19.1. The van der Waals surface area contributed by atoms with Gasteiger partial charge in [0.1, 0.15) is 11.6 Å². The highest BCUT2D eigenvalue weighted by Crippen LogP contribution is 2.21. The standard InChI is InChI=1S/C18H26N4O4/c1-2-26-18(25)14-5-9-22(10-6-14)17(24)15(11-19)12-21-7-3-13(4-8-21)16(20)23/h12-14H,2-10H2,1H3,(H2,20,23)/b15-12-. The van der Waals surface area contributed by atoms with E-state index in [4.69, 9.17) is 10.5 Å². The minimum atomic E-state index is -0.313. The highest BCUT2D eigenvalue weighted by Gasteiger charge is 2.30. The number of carbonyl (C=O) groups excluding carboxylic acids is 3. The summed E-state index contributed by atoms with van der Waals surface area (Å²) in [5.74, 6) is -1.14. The second-order valence-electron chi connectivity index (χ2n) is 6.69. The van der Waals surface area contributed by atoms with Crippen molar-refractivity contribution in [3.63, 3.8) is 0 Å². The molecule has 2 N–H and O–H groups in total. The molecule has 0 aromatic carbocycles. The number of esters is 1. The average Bonchev–Trinajstić information content (AvgIpc) is 2.66. The van der Waals surface area contributed by atoms with Gasteiger partial charge in [-0.25, -0.2) is 0 Å². The van der Waals surface area contributed by atoms with Gasteiger partial charge in [-0.15, -0.1) is 0 Å². The van der Waals surface area contributed by atoms with Crippen molar-refractivity contribution in [3.05, 3.63) is 11.8 Å². The first-order chi connectivity index (χ1) is 12.5. The monoisotopic (exact) mass is 362 g/mol. The summed E-state index contributed by atoms with van der Waals surface area (Å²) in [4.78, 5) is 39.1. The minimum absolute atomic E-state index is 0.0807. The second-order valence-corrected chi connectivity index (χ2v) is 6.69. The molecule has 0 aliphatic carbocycles. The molecule has 2 rings (SSSR count). The number of hydrogen-bond acceptors (Lipinski definition) is 6. The fourth-order valence-corrected chi connectivity index (χ4v) is 3.38. The molecule has 0 atom stereocenters. The number of carbonyl (C=O) groups is 3. The Morgan fingerprint density at radius 1 is 1.12 bits per heavy atom. The van der Waals surface area contributed by atoms with E-state index >= 15 is 0 Å². The van der Waals surface area contributed by atoms with Gasteiger partial charge >= 0.3 is 5.97 Å². The van der Waals surface area contributed by atoms with Crippen molar-refractivity contribution >= 4 is 17.8 Å². The molecule has 26 heavy (non-hydrogen) atoms. The molecular weight excluding hydrogens is 336 g/mol. The van der Waals surface area contributed by atoms with E-state index in [0.29, 0.717) is 58.5 Å². The largest absolute Gasteiger partial charge is 0.466 e. The molecule has 0 bridgehead atoms. The fraction of sp³-hybridized carbons (Fsp3) is 0.667. The van der Waals surface area contributed by atoms with E-state index in [1.165, 1.54) is 0 Å². The summed E-state index contributed by atoms with van der Waals surface area (Å²) in [6.45, 7) is 4.18. The SMILES string of the molecule is CCOC(=O)C1CCN(C(=O)/C(C#N)=C\N2CCC(C(N)=O)CC2)CC1. The Balaban J connectivity index is 1.90. The molecule has 0 spiro atoms. The van der Waals surface area contributed by atoms with E-state index in [2.05, 4.69) is 0 Å². The quantitative estimate of drug-likeness (QED) is 0.430. The van der Waals surface area contributed by atoms with Crippen LogP contribution in [0.2, 0.25) is 0 Å². The molecule has 0 saturated carbocycles. The van der Waals surface area contributed by atoms with Gasteiger partial charge in [0.05, 0.1) is 12.5 Å². The third-order valence-electron chi connectivity index (χ3n) is 5.00. The van der Waals surface area contributed by atoms with Gasteiger partial charge in [0.15, 0.2) is 0 Å². The van der Waals surface area contributed by atoms with Gasteiger partial charge in [-0.2, -0.15) is 5.26 Å². The molecule has 0 aromatic rings. The number of nitrogens with zero attached hydrogens (tertiary/aromatic N) is 3. The Bertz CT molecular complexity index is 609. The Morgan fingerprint density at radius 2 is 1.69 bits per heavy atom. The minimum Gasteiger partial charge on any atom is -0.466 e. The lowest BCUT2D eigenvalue weighted by Crippen LogP contribution is -2.42. The Kier molecular flexibility index (Phi) is 7.01. The van der Waals surface area contributed by atoms with Crippen LogP contribution in [-0.2, 0) is 19.1 Å². The summed E-state index contributed by atoms with van der Waals surface area (Å²) in [6, 6.07) is 1.98. The third-order valence-corrected chi connectivity index (χ3v) is 5.00. The van der Waals surface area contributed by atoms with E-state index in [9.17, 15) is 19.6 Å². The summed E-state index contributed by atoms with van der Waals surface area (Å²) in [5.41, 5.74) is 5.40. The maximum Gasteiger partial charge on any atom is 0.309 e. The van der Waals surface area contributed by atoms with Crippen molar-refractivity contribution in [2.45, 2.75) is 32.6 Å². The molecule has 2 aliphatic heterocycles. The Morgan fingerprint density at radius 3 is 2.19 bits per heavy atom. The third kappa shape index (κ3) is 4.97. The summed E-state index contributed by atoms with van der Waals surface area (Å²) in [5, 5.41) is 9.37. The molecule has 142 valence electrons. The molecule has 2 aliphatic rings. The van der Waals surface area contributed by atoms with Crippen LogP contribution in [0.1, 0.15) is 32.6 Å². The molecule has 2 fully saturated rings. The van der Waals surface area contributed by atoms with Crippen LogP contribution >= 0.6 is 0 Å². The molecule has 2 amide bonds. The van der Waals surface area contributed by atoms with Gasteiger partial charge in [-0.3, -0.25) is 14.4 Å². The summed E-state index contributed by atoms with van der Waals surface area (Å²) < 4.78 is 5.03. The van der Waals surface area contributed by atoms with Crippen LogP contribution in [0.15, 0.2) is 11.8 Å². The van der Waals surface area contributed by atoms with E-state index in [1.807, 2.05) is 11.0 Å². The lowest BCUT2D eigenvalue weighted by atomic mass is 9.96. The highest BCUT2D eigenvalue weighted by atomic mass is 16.5. The number of amides is 2. The molecule has 2 heterocycles. The smallest absolute Gasteiger partial charge is 0.309 e. The van der Waals surface area contributed by atoms with E-state index in [1.54, 1.807) is 18.0 Å². The van der Waals surface area contributed by atoms with E-state index in [0.717, 1.165) is 0 Å². The Labute approximate surface area is 153 Å². The van der Waals surface area contributed by atoms with Gasteiger partial charge in [-0.05, 0) is 32.6 Å². The maximum atomic E-state index is 12.6. The predicted molar refractivity (Wildman–Crippen MR) is 93.1 cm³/mol. The second kappa shape index (κ2) is 9.22. The molecule has 0 radical (unpaired) electrons. The van der Waals surface area contributed by atoms with Crippen molar-refractivity contribution < 1.29 is 19.1 Å². The van der Waals surface area contributed by atoms with E-state index < -0.39 is 0 Å². The van der Waals surface area contributed by atoms with E-state index in [-0.39, 0.29) is 35.2 Å². The first-order valence-electron chi connectivity index (χ1n) is 9.07. The van der Waals surface area contributed by atoms with Crippen molar-refractivity contribution in [1.82, 2.24) is 9.80 Å². The number of ether oxygens (including phenoxy) is 1. The van der Waals surface area contributed by atoms with Crippen LogP contribution < -0.4 is 5.73 Å². The fourth-order valence-electron chi connectivity index (χ4n) is 3.38. The summed E-state index contributed by atoms with van der Waals surface area (Å²) in [7, 11) is 0. The Hall–Kier alpha value is -2.56. The van der Waals surface area contributed by atoms with Crippen LogP contribution in [0, 0.1) is 23.2 Å². The first-order valence-corrected chi connectivity index (χ1v) is 9.07.